The summed E-state index contributed by atoms with van der Waals surface area (Å²) in [5.41, 5.74) is 0. The van der Waals surface area contributed by atoms with E-state index >= 15 is 0 Å². The summed E-state index contributed by atoms with van der Waals surface area (Å²) in [6.07, 6.45) is 1.12. The third kappa shape index (κ3) is 9.19. The van der Waals surface area contributed by atoms with Crippen molar-refractivity contribution in [1.82, 2.24) is 20.4 Å². The van der Waals surface area contributed by atoms with E-state index in [1.807, 2.05) is 7.05 Å². The molecule has 0 aromatic carbocycles. The first-order valence-electron chi connectivity index (χ1n) is 9.90. The second-order valence-corrected chi connectivity index (χ2v) is 7.67. The van der Waals surface area contributed by atoms with Gasteiger partial charge in [0.1, 0.15) is 0 Å². The Hall–Kier alpha value is -0.120. The van der Waals surface area contributed by atoms with Crippen molar-refractivity contribution in [3.63, 3.8) is 0 Å². The average Bonchev–Trinajstić information content (AvgIpc) is 2.56. The molecule has 0 bridgehead atoms. The molecule has 0 amide bonds. The average molecular weight is 483 g/mol. The lowest BCUT2D eigenvalue weighted by atomic mass is 10.2. The Labute approximate surface area is 178 Å². The van der Waals surface area contributed by atoms with Crippen LogP contribution in [0.3, 0.4) is 0 Å². The zero-order valence-electron chi connectivity index (χ0n) is 17.9. The van der Waals surface area contributed by atoms with E-state index < -0.39 is 0 Å². The predicted molar refractivity (Wildman–Crippen MR) is 123 cm³/mol. The molecule has 1 rings (SSSR count). The van der Waals surface area contributed by atoms with Crippen LogP contribution in [0.1, 0.15) is 48.0 Å². The van der Waals surface area contributed by atoms with Crippen LogP contribution in [0.5, 0.6) is 0 Å². The Kier molecular flexibility index (Phi) is 13.9. The molecule has 2 atom stereocenters. The zero-order valence-corrected chi connectivity index (χ0v) is 20.2. The summed E-state index contributed by atoms with van der Waals surface area (Å²) in [4.78, 5) is 9.38. The topological polar surface area (TPSA) is 52.1 Å². The lowest BCUT2D eigenvalue weighted by Gasteiger charge is -2.38. The van der Waals surface area contributed by atoms with E-state index in [1.165, 1.54) is 0 Å². The van der Waals surface area contributed by atoms with Crippen molar-refractivity contribution < 1.29 is 4.74 Å². The monoisotopic (exact) mass is 483 g/mol. The van der Waals surface area contributed by atoms with E-state index in [0.717, 1.165) is 51.8 Å². The highest BCUT2D eigenvalue weighted by atomic mass is 127. The molecule has 26 heavy (non-hydrogen) atoms. The standard InChI is InChI=1S/C19H41N5O.HI/c1-15(2)23(16(3)4)10-8-9-21-19(20-7)22-13-17(5)24-11-12-25-14-18(24)6;/h15-18H,8-14H2,1-7H3,(H2,20,21,22);1H. The third-order valence-corrected chi connectivity index (χ3v) is 4.99. The molecule has 0 saturated carbocycles. The second-order valence-electron chi connectivity index (χ2n) is 7.67. The fraction of sp³-hybridized carbons (Fsp3) is 0.947. The number of morpholine rings is 1. The van der Waals surface area contributed by atoms with Gasteiger partial charge in [-0.05, 0) is 48.0 Å². The molecule has 0 radical (unpaired) electrons. The summed E-state index contributed by atoms with van der Waals surface area (Å²) in [7, 11) is 1.84. The number of ether oxygens (including phenoxy) is 1. The summed E-state index contributed by atoms with van der Waals surface area (Å²) in [6.45, 7) is 19.2. The fourth-order valence-electron chi connectivity index (χ4n) is 3.56. The van der Waals surface area contributed by atoms with Crippen LogP contribution in [0.25, 0.3) is 0 Å². The molecule has 2 unspecified atom stereocenters. The van der Waals surface area contributed by atoms with E-state index in [9.17, 15) is 0 Å². The summed E-state index contributed by atoms with van der Waals surface area (Å²) < 4.78 is 5.52. The van der Waals surface area contributed by atoms with Gasteiger partial charge < -0.3 is 15.4 Å². The summed E-state index contributed by atoms with van der Waals surface area (Å²) in [6, 6.07) is 2.14. The minimum atomic E-state index is 0. The molecule has 0 aliphatic carbocycles. The van der Waals surface area contributed by atoms with Crippen LogP contribution in [0, 0.1) is 0 Å². The Morgan fingerprint density at radius 1 is 1.19 bits per heavy atom. The normalized spacial score (nSPS) is 20.4. The molecule has 1 aliphatic heterocycles. The highest BCUT2D eigenvalue weighted by Gasteiger charge is 2.23. The van der Waals surface area contributed by atoms with Gasteiger partial charge in [-0.25, -0.2) is 0 Å². The van der Waals surface area contributed by atoms with Gasteiger partial charge in [-0.15, -0.1) is 24.0 Å². The Bertz CT molecular complexity index is 384. The number of nitrogens with one attached hydrogen (secondary N) is 2. The lowest BCUT2D eigenvalue weighted by molar-refractivity contribution is -0.0174. The Morgan fingerprint density at radius 3 is 2.38 bits per heavy atom. The van der Waals surface area contributed by atoms with Gasteiger partial charge in [0.15, 0.2) is 5.96 Å². The van der Waals surface area contributed by atoms with Crippen LogP contribution in [0.2, 0.25) is 0 Å². The third-order valence-electron chi connectivity index (χ3n) is 4.99. The lowest BCUT2D eigenvalue weighted by Crippen LogP contribution is -2.53. The van der Waals surface area contributed by atoms with Gasteiger partial charge in [-0.2, -0.15) is 0 Å². The van der Waals surface area contributed by atoms with E-state index in [1.54, 1.807) is 0 Å². The molecule has 2 N–H and O–H groups in total. The van der Waals surface area contributed by atoms with Gasteiger partial charge in [0.2, 0.25) is 0 Å². The van der Waals surface area contributed by atoms with Crippen LogP contribution in [-0.4, -0.2) is 86.4 Å². The molecule has 6 nitrogen and oxygen atoms in total. The maximum atomic E-state index is 5.52. The Balaban J connectivity index is 0.00000625. The van der Waals surface area contributed by atoms with Crippen LogP contribution >= 0.6 is 24.0 Å². The van der Waals surface area contributed by atoms with Crippen molar-refractivity contribution in [1.29, 1.82) is 0 Å². The van der Waals surface area contributed by atoms with Crippen LogP contribution in [0.15, 0.2) is 4.99 Å². The van der Waals surface area contributed by atoms with Gasteiger partial charge in [0.05, 0.1) is 13.2 Å². The molecule has 0 aromatic heterocycles. The maximum absolute atomic E-state index is 5.52. The molecule has 7 heteroatoms. The molecule has 1 aliphatic rings. The van der Waals surface area contributed by atoms with Crippen molar-refractivity contribution >= 4 is 29.9 Å². The smallest absolute Gasteiger partial charge is 0.191 e. The van der Waals surface area contributed by atoms with E-state index in [0.29, 0.717) is 24.2 Å². The highest BCUT2D eigenvalue weighted by molar-refractivity contribution is 14.0. The fourth-order valence-corrected chi connectivity index (χ4v) is 3.56. The largest absolute Gasteiger partial charge is 0.379 e. The first kappa shape index (κ1) is 25.9. The van der Waals surface area contributed by atoms with Gasteiger partial charge in [0.25, 0.3) is 0 Å². The van der Waals surface area contributed by atoms with Crippen molar-refractivity contribution in [3.8, 4) is 0 Å². The number of hydrogen-bond donors (Lipinski definition) is 2. The number of halogens is 1. The highest BCUT2D eigenvalue weighted by Crippen LogP contribution is 2.10. The number of aliphatic imine (C=N–C) groups is 1. The number of rotatable bonds is 9. The van der Waals surface area contributed by atoms with Crippen molar-refractivity contribution in [2.75, 3.05) is 46.4 Å². The minimum absolute atomic E-state index is 0. The summed E-state index contributed by atoms with van der Waals surface area (Å²) >= 11 is 0. The molecule has 1 saturated heterocycles. The van der Waals surface area contributed by atoms with Gasteiger partial charge in [-0.3, -0.25) is 14.8 Å². The van der Waals surface area contributed by atoms with Crippen LogP contribution < -0.4 is 10.6 Å². The SMILES string of the molecule is CN=C(NCCCN(C(C)C)C(C)C)NCC(C)N1CCOCC1C.I. The first-order chi connectivity index (χ1) is 11.9. The van der Waals surface area contributed by atoms with Gasteiger partial charge in [0, 0.05) is 57.4 Å². The zero-order chi connectivity index (χ0) is 18.8. The molecule has 1 heterocycles. The number of guanidine groups is 1. The predicted octanol–water partition coefficient (Wildman–Crippen LogP) is 2.39. The summed E-state index contributed by atoms with van der Waals surface area (Å²) in [5.74, 6) is 0.897. The molecule has 156 valence electrons. The first-order valence-corrected chi connectivity index (χ1v) is 9.90. The van der Waals surface area contributed by atoms with Crippen LogP contribution in [0.4, 0.5) is 0 Å². The molecule has 1 fully saturated rings. The minimum Gasteiger partial charge on any atom is -0.379 e. The number of nitrogens with zero attached hydrogens (tertiary/aromatic N) is 3. The van der Waals surface area contributed by atoms with E-state index in [2.05, 4.69) is 67.0 Å². The second kappa shape index (κ2) is 14.0. The summed E-state index contributed by atoms with van der Waals surface area (Å²) in [5, 5.41) is 6.90. The molecular weight excluding hydrogens is 441 g/mol. The number of hydrogen-bond acceptors (Lipinski definition) is 4. The van der Waals surface area contributed by atoms with E-state index in [-0.39, 0.29) is 24.0 Å². The van der Waals surface area contributed by atoms with E-state index in [4.69, 9.17) is 4.74 Å². The molecular formula is C19H42IN5O. The molecule has 0 aromatic rings. The van der Waals surface area contributed by atoms with Gasteiger partial charge in [-0.1, -0.05) is 0 Å². The van der Waals surface area contributed by atoms with Crippen molar-refractivity contribution in [3.05, 3.63) is 0 Å². The van der Waals surface area contributed by atoms with Crippen molar-refractivity contribution in [2.24, 2.45) is 4.99 Å². The Morgan fingerprint density at radius 2 is 1.85 bits per heavy atom. The molecule has 0 spiro atoms. The van der Waals surface area contributed by atoms with Crippen LogP contribution in [-0.2, 0) is 4.74 Å². The quantitative estimate of drug-likeness (QED) is 0.228. The maximum Gasteiger partial charge on any atom is 0.191 e. The van der Waals surface area contributed by atoms with Crippen molar-refractivity contribution in [2.45, 2.75) is 72.1 Å². The van der Waals surface area contributed by atoms with Gasteiger partial charge >= 0.3 is 0 Å².